The van der Waals surface area contributed by atoms with Gasteiger partial charge in [0.2, 0.25) is 0 Å². The predicted molar refractivity (Wildman–Crippen MR) is 76.2 cm³/mol. The van der Waals surface area contributed by atoms with Crippen LogP contribution < -0.4 is 5.73 Å². The van der Waals surface area contributed by atoms with E-state index in [2.05, 4.69) is 32.6 Å². The second-order valence-corrected chi connectivity index (χ2v) is 6.10. The maximum absolute atomic E-state index is 6.61. The van der Waals surface area contributed by atoms with Crippen molar-refractivity contribution >= 4 is 0 Å². The van der Waals surface area contributed by atoms with Crippen molar-refractivity contribution in [3.05, 3.63) is 0 Å². The molecule has 17 heavy (non-hydrogen) atoms. The van der Waals surface area contributed by atoms with Gasteiger partial charge >= 0.3 is 0 Å². The van der Waals surface area contributed by atoms with Crippen LogP contribution in [0.5, 0.6) is 0 Å². The van der Waals surface area contributed by atoms with E-state index >= 15 is 0 Å². The molecule has 2 nitrogen and oxygen atoms in total. The van der Waals surface area contributed by atoms with E-state index in [-0.39, 0.29) is 5.54 Å². The molecule has 1 aliphatic carbocycles. The second kappa shape index (κ2) is 6.75. The highest BCUT2D eigenvalue weighted by Crippen LogP contribution is 2.31. The lowest BCUT2D eigenvalue weighted by Gasteiger charge is -2.45. The normalized spacial score (nSPS) is 21.5. The van der Waals surface area contributed by atoms with Gasteiger partial charge in [-0.1, -0.05) is 39.5 Å². The third kappa shape index (κ3) is 3.69. The third-order valence-electron chi connectivity index (χ3n) is 4.80. The van der Waals surface area contributed by atoms with Gasteiger partial charge in [-0.05, 0) is 45.7 Å². The highest BCUT2D eigenvalue weighted by molar-refractivity contribution is 4.95. The van der Waals surface area contributed by atoms with Crippen LogP contribution in [-0.2, 0) is 0 Å². The Balaban J connectivity index is 2.67. The standard InChI is InChI=1S/C15H32N2/c1-5-17(6-2)15(3,4)14(16)13-11-9-7-8-10-12-13/h13-14H,5-12,16H2,1-4H3. The summed E-state index contributed by atoms with van der Waals surface area (Å²) in [5.74, 6) is 0.730. The molecule has 0 saturated heterocycles. The van der Waals surface area contributed by atoms with Gasteiger partial charge in [-0.15, -0.1) is 0 Å². The monoisotopic (exact) mass is 240 g/mol. The van der Waals surface area contributed by atoms with Crippen molar-refractivity contribution < 1.29 is 0 Å². The Kier molecular flexibility index (Phi) is 5.94. The van der Waals surface area contributed by atoms with E-state index in [0.29, 0.717) is 6.04 Å². The summed E-state index contributed by atoms with van der Waals surface area (Å²) >= 11 is 0. The molecule has 1 atom stereocenters. The van der Waals surface area contributed by atoms with Crippen LogP contribution in [0.2, 0.25) is 0 Å². The summed E-state index contributed by atoms with van der Waals surface area (Å²) in [6.07, 6.45) is 8.26. The number of rotatable bonds is 5. The molecule has 0 aliphatic heterocycles. The van der Waals surface area contributed by atoms with E-state index in [1.54, 1.807) is 0 Å². The Bertz CT molecular complexity index is 201. The van der Waals surface area contributed by atoms with Gasteiger partial charge in [0, 0.05) is 11.6 Å². The Morgan fingerprint density at radius 2 is 1.53 bits per heavy atom. The molecule has 0 aromatic carbocycles. The minimum atomic E-state index is 0.137. The van der Waals surface area contributed by atoms with Gasteiger partial charge < -0.3 is 5.73 Å². The smallest absolute Gasteiger partial charge is 0.0306 e. The number of nitrogens with two attached hydrogens (primary N) is 1. The third-order valence-corrected chi connectivity index (χ3v) is 4.80. The molecule has 0 radical (unpaired) electrons. The quantitative estimate of drug-likeness (QED) is 0.746. The van der Waals surface area contributed by atoms with Crippen molar-refractivity contribution in [3.63, 3.8) is 0 Å². The lowest BCUT2D eigenvalue weighted by Crippen LogP contribution is -2.58. The number of likely N-dealkylation sites (N-methyl/N-ethyl adjacent to an activating group) is 1. The molecule has 2 heteroatoms. The zero-order chi connectivity index (χ0) is 12.9. The highest BCUT2D eigenvalue weighted by atomic mass is 15.2. The lowest BCUT2D eigenvalue weighted by atomic mass is 9.80. The zero-order valence-corrected chi connectivity index (χ0v) is 12.3. The van der Waals surface area contributed by atoms with Crippen molar-refractivity contribution in [2.24, 2.45) is 11.7 Å². The molecule has 1 unspecified atom stereocenters. The Morgan fingerprint density at radius 1 is 1.06 bits per heavy atom. The summed E-state index contributed by atoms with van der Waals surface area (Å²) in [6, 6.07) is 0.320. The molecule has 102 valence electrons. The first-order chi connectivity index (χ1) is 8.04. The first-order valence-corrected chi connectivity index (χ1v) is 7.54. The minimum Gasteiger partial charge on any atom is -0.326 e. The molecule has 0 amide bonds. The van der Waals surface area contributed by atoms with Crippen molar-refractivity contribution in [2.45, 2.75) is 77.8 Å². The van der Waals surface area contributed by atoms with E-state index in [1.807, 2.05) is 0 Å². The number of hydrogen-bond acceptors (Lipinski definition) is 2. The largest absolute Gasteiger partial charge is 0.326 e. The van der Waals surface area contributed by atoms with Crippen molar-refractivity contribution in [1.29, 1.82) is 0 Å². The fourth-order valence-electron chi connectivity index (χ4n) is 3.50. The van der Waals surface area contributed by atoms with Gasteiger partial charge in [-0.2, -0.15) is 0 Å². The maximum Gasteiger partial charge on any atom is 0.0306 e. The SMILES string of the molecule is CCN(CC)C(C)(C)C(N)C1CCCCCC1. The fraction of sp³-hybridized carbons (Fsp3) is 1.00. The fourth-order valence-corrected chi connectivity index (χ4v) is 3.50. The Morgan fingerprint density at radius 3 is 1.94 bits per heavy atom. The molecule has 0 aromatic rings. The average Bonchev–Trinajstić information content (AvgIpc) is 2.57. The van der Waals surface area contributed by atoms with Gasteiger partial charge in [0.05, 0.1) is 0 Å². The number of hydrogen-bond donors (Lipinski definition) is 1. The molecule has 1 rings (SSSR count). The molecular weight excluding hydrogens is 208 g/mol. The van der Waals surface area contributed by atoms with E-state index in [4.69, 9.17) is 5.73 Å². The van der Waals surface area contributed by atoms with Crippen LogP contribution in [0, 0.1) is 5.92 Å². The Hall–Kier alpha value is -0.0800. The molecule has 1 aliphatic rings. The molecule has 0 bridgehead atoms. The minimum absolute atomic E-state index is 0.137. The second-order valence-electron chi connectivity index (χ2n) is 6.10. The van der Waals surface area contributed by atoms with Crippen LogP contribution in [0.1, 0.15) is 66.2 Å². The van der Waals surface area contributed by atoms with Crippen LogP contribution in [0.4, 0.5) is 0 Å². The average molecular weight is 240 g/mol. The maximum atomic E-state index is 6.61. The van der Waals surface area contributed by atoms with Crippen LogP contribution >= 0.6 is 0 Å². The van der Waals surface area contributed by atoms with E-state index in [1.165, 1.54) is 38.5 Å². The van der Waals surface area contributed by atoms with E-state index in [9.17, 15) is 0 Å². The van der Waals surface area contributed by atoms with Crippen molar-refractivity contribution in [2.75, 3.05) is 13.1 Å². The highest BCUT2D eigenvalue weighted by Gasteiger charge is 2.36. The topological polar surface area (TPSA) is 29.3 Å². The van der Waals surface area contributed by atoms with Crippen LogP contribution in [-0.4, -0.2) is 29.6 Å². The number of nitrogens with zero attached hydrogens (tertiary/aromatic N) is 1. The summed E-state index contributed by atoms with van der Waals surface area (Å²) < 4.78 is 0. The summed E-state index contributed by atoms with van der Waals surface area (Å²) in [5.41, 5.74) is 6.74. The van der Waals surface area contributed by atoms with Gasteiger partial charge in [-0.25, -0.2) is 0 Å². The first kappa shape index (κ1) is 15.0. The molecule has 1 fully saturated rings. The van der Waals surface area contributed by atoms with E-state index < -0.39 is 0 Å². The van der Waals surface area contributed by atoms with Crippen molar-refractivity contribution in [3.8, 4) is 0 Å². The summed E-state index contributed by atoms with van der Waals surface area (Å²) in [7, 11) is 0. The first-order valence-electron chi connectivity index (χ1n) is 7.54. The summed E-state index contributed by atoms with van der Waals surface area (Å²) in [4.78, 5) is 2.52. The molecule has 1 saturated carbocycles. The van der Waals surface area contributed by atoms with Gasteiger partial charge in [-0.3, -0.25) is 4.90 Å². The Labute approximate surface area is 108 Å². The molecule has 2 N–H and O–H groups in total. The molecular formula is C15H32N2. The van der Waals surface area contributed by atoms with Gasteiger partial charge in [0.15, 0.2) is 0 Å². The lowest BCUT2D eigenvalue weighted by molar-refractivity contribution is 0.0784. The van der Waals surface area contributed by atoms with E-state index in [0.717, 1.165) is 19.0 Å². The van der Waals surface area contributed by atoms with Gasteiger partial charge in [0.25, 0.3) is 0 Å². The van der Waals surface area contributed by atoms with Crippen molar-refractivity contribution in [1.82, 2.24) is 4.90 Å². The summed E-state index contributed by atoms with van der Waals surface area (Å²) in [6.45, 7) is 11.3. The van der Waals surface area contributed by atoms with Crippen LogP contribution in [0.3, 0.4) is 0 Å². The molecule has 0 aromatic heterocycles. The van der Waals surface area contributed by atoms with Crippen LogP contribution in [0.25, 0.3) is 0 Å². The summed E-state index contributed by atoms with van der Waals surface area (Å²) in [5, 5.41) is 0. The van der Waals surface area contributed by atoms with Crippen LogP contribution in [0.15, 0.2) is 0 Å². The molecule has 0 heterocycles. The zero-order valence-electron chi connectivity index (χ0n) is 12.3. The molecule has 0 spiro atoms. The van der Waals surface area contributed by atoms with Gasteiger partial charge in [0.1, 0.15) is 0 Å². The predicted octanol–water partition coefficient (Wildman–Crippen LogP) is 3.40.